The summed E-state index contributed by atoms with van der Waals surface area (Å²) in [5.74, 6) is -0.836. The number of thioether (sulfide) groups is 1. The number of anilines is 1. The third-order valence-electron chi connectivity index (χ3n) is 5.46. The summed E-state index contributed by atoms with van der Waals surface area (Å²) in [6.45, 7) is 2.37. The number of phenolic OH excluding ortho intramolecular Hbond substituents is 1. The number of amides is 1. The Morgan fingerprint density at radius 2 is 2.04 bits per heavy atom. The summed E-state index contributed by atoms with van der Waals surface area (Å²) in [5.41, 5.74) is 4.09. The zero-order chi connectivity index (χ0) is 19.8. The lowest BCUT2D eigenvalue weighted by Crippen LogP contribution is -2.34. The van der Waals surface area contributed by atoms with Crippen LogP contribution in [-0.2, 0) is 22.4 Å². The summed E-state index contributed by atoms with van der Waals surface area (Å²) in [6.07, 6.45) is 6.05. The Morgan fingerprint density at radius 3 is 2.79 bits per heavy atom. The second-order valence-electron chi connectivity index (χ2n) is 7.33. The number of rotatable bonds is 5. The number of carbonyl (C=O) groups is 2. The van der Waals surface area contributed by atoms with Gasteiger partial charge in [0.1, 0.15) is 10.1 Å². The predicted octanol–water partition coefficient (Wildman–Crippen LogP) is 3.16. The van der Waals surface area contributed by atoms with Gasteiger partial charge in [-0.2, -0.15) is 0 Å². The van der Waals surface area contributed by atoms with Gasteiger partial charge in [-0.3, -0.25) is 14.5 Å². The van der Waals surface area contributed by atoms with Gasteiger partial charge in [0.15, 0.2) is 0 Å². The number of hydrogen-bond donors (Lipinski definition) is 2. The van der Waals surface area contributed by atoms with E-state index in [0.717, 1.165) is 44.3 Å². The van der Waals surface area contributed by atoms with Gasteiger partial charge in [-0.1, -0.05) is 24.0 Å². The SMILES string of the molecule is O=C(O)CCCN1C(=O)C(=Cc2cc3c4c(c2O)CCCN4CCC3)SC1=S. The van der Waals surface area contributed by atoms with Gasteiger partial charge in [-0.15, -0.1) is 0 Å². The third-order valence-corrected chi connectivity index (χ3v) is 6.83. The van der Waals surface area contributed by atoms with E-state index in [1.165, 1.54) is 27.9 Å². The molecule has 0 unspecified atom stereocenters. The standard InChI is InChI=1S/C20H22N2O4S2/c23-16(24)6-3-9-22-19(26)15(28-20(22)27)11-13-10-12-4-1-7-21-8-2-5-14(17(12)21)18(13)25/h10-11,25H,1-9H2,(H,23,24). The predicted molar refractivity (Wildman–Crippen MR) is 114 cm³/mol. The van der Waals surface area contributed by atoms with E-state index in [1.54, 1.807) is 6.08 Å². The first-order valence-electron chi connectivity index (χ1n) is 9.55. The zero-order valence-corrected chi connectivity index (χ0v) is 17.1. The van der Waals surface area contributed by atoms with Crippen LogP contribution >= 0.6 is 24.0 Å². The van der Waals surface area contributed by atoms with Gasteiger partial charge < -0.3 is 15.1 Å². The molecule has 3 aliphatic rings. The van der Waals surface area contributed by atoms with Crippen molar-refractivity contribution >= 4 is 51.9 Å². The van der Waals surface area contributed by atoms with Crippen LogP contribution in [0, 0.1) is 0 Å². The van der Waals surface area contributed by atoms with Crippen molar-refractivity contribution in [2.45, 2.75) is 38.5 Å². The fraction of sp³-hybridized carbons (Fsp3) is 0.450. The van der Waals surface area contributed by atoms with Crippen molar-refractivity contribution < 1.29 is 19.8 Å². The molecule has 3 heterocycles. The molecule has 1 aromatic carbocycles. The van der Waals surface area contributed by atoms with Gasteiger partial charge in [0, 0.05) is 42.9 Å². The fourth-order valence-corrected chi connectivity index (χ4v) is 5.50. The van der Waals surface area contributed by atoms with E-state index < -0.39 is 5.97 Å². The van der Waals surface area contributed by atoms with Crippen molar-refractivity contribution in [3.8, 4) is 5.75 Å². The molecule has 0 bridgehead atoms. The minimum atomic E-state index is -0.886. The number of aromatic hydroxyl groups is 1. The summed E-state index contributed by atoms with van der Waals surface area (Å²) in [7, 11) is 0. The van der Waals surface area contributed by atoms with Gasteiger partial charge in [-0.25, -0.2) is 0 Å². The molecule has 148 valence electrons. The average Bonchev–Trinajstić information content (AvgIpc) is 2.93. The van der Waals surface area contributed by atoms with Crippen molar-refractivity contribution in [2.24, 2.45) is 0 Å². The Balaban J connectivity index is 1.62. The molecule has 28 heavy (non-hydrogen) atoms. The first-order chi connectivity index (χ1) is 13.5. The molecule has 4 rings (SSSR count). The summed E-state index contributed by atoms with van der Waals surface area (Å²) in [5, 5.41) is 19.7. The molecule has 1 fully saturated rings. The lowest BCUT2D eigenvalue weighted by Gasteiger charge is -2.37. The minimum Gasteiger partial charge on any atom is -0.507 e. The second-order valence-corrected chi connectivity index (χ2v) is 9.00. The second kappa shape index (κ2) is 7.75. The molecule has 0 aromatic heterocycles. The largest absolute Gasteiger partial charge is 0.507 e. The third kappa shape index (κ3) is 3.51. The Morgan fingerprint density at radius 1 is 1.29 bits per heavy atom. The number of thiocarbonyl (C=S) groups is 1. The van der Waals surface area contributed by atoms with Crippen molar-refractivity contribution in [1.29, 1.82) is 0 Å². The van der Waals surface area contributed by atoms with E-state index in [0.29, 0.717) is 27.8 Å². The average molecular weight is 419 g/mol. The molecule has 1 saturated heterocycles. The number of aryl methyl sites for hydroxylation is 1. The molecule has 0 aliphatic carbocycles. The van der Waals surface area contributed by atoms with Crippen molar-refractivity contribution in [3.05, 3.63) is 27.7 Å². The monoisotopic (exact) mass is 418 g/mol. The van der Waals surface area contributed by atoms with Crippen LogP contribution in [0.3, 0.4) is 0 Å². The number of carbonyl (C=O) groups excluding carboxylic acids is 1. The van der Waals surface area contributed by atoms with Crippen molar-refractivity contribution in [1.82, 2.24) is 4.90 Å². The van der Waals surface area contributed by atoms with E-state index in [9.17, 15) is 14.7 Å². The maximum Gasteiger partial charge on any atom is 0.303 e. The number of benzene rings is 1. The summed E-state index contributed by atoms with van der Waals surface area (Å²) in [4.78, 5) is 27.7. The van der Waals surface area contributed by atoms with Gasteiger partial charge in [0.05, 0.1) is 4.91 Å². The fourth-order valence-electron chi connectivity index (χ4n) is 4.20. The number of phenols is 1. The zero-order valence-electron chi connectivity index (χ0n) is 15.4. The maximum absolute atomic E-state index is 12.7. The van der Waals surface area contributed by atoms with E-state index in [1.807, 2.05) is 6.07 Å². The smallest absolute Gasteiger partial charge is 0.303 e. The van der Waals surface area contributed by atoms with Crippen LogP contribution < -0.4 is 4.90 Å². The first kappa shape index (κ1) is 19.3. The van der Waals surface area contributed by atoms with Crippen LogP contribution in [0.1, 0.15) is 42.4 Å². The normalized spacial score (nSPS) is 20.1. The number of carboxylic acid groups (broad SMARTS) is 1. The van der Waals surface area contributed by atoms with E-state index in [-0.39, 0.29) is 18.1 Å². The van der Waals surface area contributed by atoms with Crippen molar-refractivity contribution in [2.75, 3.05) is 24.5 Å². The minimum absolute atomic E-state index is 0.00157. The molecular formula is C20H22N2O4S2. The summed E-state index contributed by atoms with van der Waals surface area (Å²) in [6, 6.07) is 2.00. The lowest BCUT2D eigenvalue weighted by molar-refractivity contribution is -0.137. The molecule has 0 saturated carbocycles. The molecule has 1 amide bonds. The highest BCUT2D eigenvalue weighted by Gasteiger charge is 2.33. The lowest BCUT2D eigenvalue weighted by atomic mass is 9.89. The highest BCUT2D eigenvalue weighted by atomic mass is 32.2. The van der Waals surface area contributed by atoms with Crippen LogP contribution in [0.15, 0.2) is 11.0 Å². The molecule has 0 atom stereocenters. The van der Waals surface area contributed by atoms with Crippen LogP contribution in [0.4, 0.5) is 5.69 Å². The Hall–Kier alpha value is -2.06. The highest BCUT2D eigenvalue weighted by Crippen LogP contribution is 2.43. The number of nitrogens with zero attached hydrogens (tertiary/aromatic N) is 2. The quantitative estimate of drug-likeness (QED) is 0.561. The molecule has 3 aliphatic heterocycles. The van der Waals surface area contributed by atoms with Gasteiger partial charge in [0.25, 0.3) is 5.91 Å². The van der Waals surface area contributed by atoms with E-state index in [4.69, 9.17) is 17.3 Å². The van der Waals surface area contributed by atoms with Gasteiger partial charge in [0.2, 0.25) is 0 Å². The highest BCUT2D eigenvalue weighted by molar-refractivity contribution is 8.26. The summed E-state index contributed by atoms with van der Waals surface area (Å²) >= 11 is 6.51. The van der Waals surface area contributed by atoms with E-state index in [2.05, 4.69) is 4.90 Å². The maximum atomic E-state index is 12.7. The molecule has 8 heteroatoms. The van der Waals surface area contributed by atoms with Crippen LogP contribution in [0.2, 0.25) is 0 Å². The molecule has 0 radical (unpaired) electrons. The van der Waals surface area contributed by atoms with Gasteiger partial charge >= 0.3 is 5.97 Å². The number of aliphatic carboxylic acids is 1. The molecule has 2 N–H and O–H groups in total. The Kier molecular flexibility index (Phi) is 5.33. The first-order valence-corrected chi connectivity index (χ1v) is 10.8. The van der Waals surface area contributed by atoms with Gasteiger partial charge in [-0.05, 0) is 49.8 Å². The Labute approximate surface area is 173 Å². The molecule has 1 aromatic rings. The number of carboxylic acids is 1. The molecular weight excluding hydrogens is 396 g/mol. The van der Waals surface area contributed by atoms with Crippen molar-refractivity contribution in [3.63, 3.8) is 0 Å². The van der Waals surface area contributed by atoms with Crippen LogP contribution in [0.5, 0.6) is 5.75 Å². The summed E-state index contributed by atoms with van der Waals surface area (Å²) < 4.78 is 0.437. The van der Waals surface area contributed by atoms with Crippen LogP contribution in [0.25, 0.3) is 6.08 Å². The topological polar surface area (TPSA) is 81.1 Å². The van der Waals surface area contributed by atoms with E-state index >= 15 is 0 Å². The van der Waals surface area contributed by atoms with Crippen LogP contribution in [-0.4, -0.2) is 50.9 Å². The number of hydrogen-bond acceptors (Lipinski definition) is 6. The molecule has 6 nitrogen and oxygen atoms in total. The molecule has 0 spiro atoms. The Bertz CT molecular complexity index is 895.